The minimum Gasteiger partial charge on any atom is -0.454 e. The van der Waals surface area contributed by atoms with Crippen molar-refractivity contribution in [2.45, 2.75) is 6.42 Å². The van der Waals surface area contributed by atoms with Gasteiger partial charge in [-0.3, -0.25) is 0 Å². The molecule has 15 heavy (non-hydrogen) atoms. The Labute approximate surface area is 95.7 Å². The second-order valence-electron chi connectivity index (χ2n) is 3.25. The van der Waals surface area contributed by atoms with Crippen LogP contribution < -0.4 is 14.8 Å². The van der Waals surface area contributed by atoms with Crippen molar-refractivity contribution in [2.24, 2.45) is 0 Å². The van der Waals surface area contributed by atoms with Crippen LogP contribution in [0.4, 0.5) is 4.39 Å². The van der Waals surface area contributed by atoms with Gasteiger partial charge in [0.2, 0.25) is 6.79 Å². The Morgan fingerprint density at radius 3 is 3.07 bits per heavy atom. The van der Waals surface area contributed by atoms with E-state index in [-0.39, 0.29) is 12.6 Å². The maximum atomic E-state index is 13.8. The van der Waals surface area contributed by atoms with Gasteiger partial charge in [0.15, 0.2) is 11.5 Å². The van der Waals surface area contributed by atoms with Crippen molar-refractivity contribution < 1.29 is 13.9 Å². The van der Waals surface area contributed by atoms with Gasteiger partial charge in [0.25, 0.3) is 0 Å². The van der Waals surface area contributed by atoms with E-state index < -0.39 is 0 Å². The van der Waals surface area contributed by atoms with Gasteiger partial charge >= 0.3 is 0 Å². The lowest BCUT2D eigenvalue weighted by Crippen LogP contribution is -2.11. The molecule has 82 valence electrons. The lowest BCUT2D eigenvalue weighted by molar-refractivity contribution is 0.173. The lowest BCUT2D eigenvalue weighted by atomic mass is 10.1. The zero-order chi connectivity index (χ0) is 10.8. The Balaban J connectivity index is 2.36. The van der Waals surface area contributed by atoms with Gasteiger partial charge in [-0.15, -0.1) is 0 Å². The van der Waals surface area contributed by atoms with E-state index in [1.54, 1.807) is 6.07 Å². The van der Waals surface area contributed by atoms with Crippen LogP contribution >= 0.6 is 15.9 Å². The molecule has 1 aromatic carbocycles. The number of halogens is 2. The van der Waals surface area contributed by atoms with E-state index >= 15 is 0 Å². The highest BCUT2D eigenvalue weighted by atomic mass is 79.9. The first-order valence-electron chi connectivity index (χ1n) is 4.65. The first kappa shape index (κ1) is 10.7. The summed E-state index contributed by atoms with van der Waals surface area (Å²) in [5.74, 6) is 0.796. The molecule has 0 unspecified atom stereocenters. The van der Waals surface area contributed by atoms with Crippen molar-refractivity contribution >= 4 is 15.9 Å². The highest BCUT2D eigenvalue weighted by Crippen LogP contribution is 2.42. The van der Waals surface area contributed by atoms with E-state index in [1.165, 1.54) is 0 Å². The van der Waals surface area contributed by atoms with E-state index in [9.17, 15) is 4.39 Å². The van der Waals surface area contributed by atoms with Crippen LogP contribution in [0.5, 0.6) is 11.5 Å². The zero-order valence-electron chi connectivity index (χ0n) is 8.27. The molecule has 0 saturated carbocycles. The molecular formula is C10H11BrFNO2. The van der Waals surface area contributed by atoms with Gasteiger partial charge in [0, 0.05) is 0 Å². The third-order valence-electron chi connectivity index (χ3n) is 2.27. The Hall–Kier alpha value is -0.810. The van der Waals surface area contributed by atoms with Crippen LogP contribution in [0.1, 0.15) is 5.56 Å². The number of nitrogens with one attached hydrogen (secondary N) is 1. The van der Waals surface area contributed by atoms with Gasteiger partial charge in [-0.05, 0) is 47.6 Å². The number of hydrogen-bond acceptors (Lipinski definition) is 3. The van der Waals surface area contributed by atoms with Crippen LogP contribution in [0.2, 0.25) is 0 Å². The molecule has 0 amide bonds. The molecule has 5 heteroatoms. The normalized spacial score (nSPS) is 13.3. The maximum absolute atomic E-state index is 13.8. The third-order valence-corrected chi connectivity index (χ3v) is 2.97. The minimum atomic E-state index is -0.269. The van der Waals surface area contributed by atoms with Gasteiger partial charge in [-0.2, -0.15) is 0 Å². The molecule has 2 rings (SSSR count). The summed E-state index contributed by atoms with van der Waals surface area (Å²) in [6, 6.07) is 1.69. The second-order valence-corrected chi connectivity index (χ2v) is 4.04. The molecule has 1 heterocycles. The fourth-order valence-electron chi connectivity index (χ4n) is 1.47. The first-order chi connectivity index (χ1) is 7.24. The van der Waals surface area contributed by atoms with Crippen LogP contribution in [0.25, 0.3) is 0 Å². The summed E-state index contributed by atoms with van der Waals surface area (Å²) >= 11 is 3.17. The van der Waals surface area contributed by atoms with Crippen molar-refractivity contribution in [2.75, 3.05) is 20.4 Å². The van der Waals surface area contributed by atoms with E-state index in [1.807, 2.05) is 7.05 Å². The molecule has 0 spiro atoms. The van der Waals surface area contributed by atoms with Crippen LogP contribution in [-0.2, 0) is 6.42 Å². The Bertz CT molecular complexity index is 384. The molecule has 1 aliphatic heterocycles. The highest BCUT2D eigenvalue weighted by Gasteiger charge is 2.22. The highest BCUT2D eigenvalue weighted by molar-refractivity contribution is 9.10. The Morgan fingerprint density at radius 2 is 2.33 bits per heavy atom. The first-order valence-corrected chi connectivity index (χ1v) is 5.44. The molecule has 0 saturated heterocycles. The van der Waals surface area contributed by atoms with Crippen LogP contribution in [0, 0.1) is 5.82 Å². The topological polar surface area (TPSA) is 30.5 Å². The largest absolute Gasteiger partial charge is 0.454 e. The standard InChI is InChI=1S/C10H11BrFNO2/c1-13-3-2-6-4-7-10(15-5-14-7)8(11)9(6)12/h4,13H,2-3,5H2,1H3. The second kappa shape index (κ2) is 4.37. The summed E-state index contributed by atoms with van der Waals surface area (Å²) < 4.78 is 24.5. The average Bonchev–Trinajstić information content (AvgIpc) is 2.69. The number of ether oxygens (including phenoxy) is 2. The molecule has 0 aromatic heterocycles. The zero-order valence-corrected chi connectivity index (χ0v) is 9.86. The molecule has 1 aromatic rings. The molecular weight excluding hydrogens is 265 g/mol. The van der Waals surface area contributed by atoms with Gasteiger partial charge in [-0.1, -0.05) is 0 Å². The molecule has 0 bridgehead atoms. The Morgan fingerprint density at radius 1 is 1.53 bits per heavy atom. The van der Waals surface area contributed by atoms with Crippen molar-refractivity contribution in [3.63, 3.8) is 0 Å². The summed E-state index contributed by atoms with van der Waals surface area (Å²) in [7, 11) is 1.83. The fourth-order valence-corrected chi connectivity index (χ4v) is 2.04. The van der Waals surface area contributed by atoms with Gasteiger partial charge in [-0.25, -0.2) is 4.39 Å². The number of hydrogen-bond donors (Lipinski definition) is 1. The smallest absolute Gasteiger partial charge is 0.231 e. The monoisotopic (exact) mass is 275 g/mol. The maximum Gasteiger partial charge on any atom is 0.231 e. The molecule has 1 aliphatic rings. The molecule has 0 aliphatic carbocycles. The predicted molar refractivity (Wildman–Crippen MR) is 57.9 cm³/mol. The summed E-state index contributed by atoms with van der Waals surface area (Å²) in [5, 5.41) is 2.98. The number of rotatable bonds is 3. The third kappa shape index (κ3) is 1.94. The summed E-state index contributed by atoms with van der Waals surface area (Å²) in [5.41, 5.74) is 0.625. The van der Waals surface area contributed by atoms with Gasteiger partial charge in [0.05, 0.1) is 4.47 Å². The Kier molecular flexibility index (Phi) is 3.11. The van der Waals surface area contributed by atoms with Crippen molar-refractivity contribution in [1.29, 1.82) is 0 Å². The fraction of sp³-hybridized carbons (Fsp3) is 0.400. The minimum absolute atomic E-state index is 0.156. The molecule has 0 radical (unpaired) electrons. The van der Waals surface area contributed by atoms with E-state index in [0.717, 1.165) is 6.54 Å². The quantitative estimate of drug-likeness (QED) is 0.916. The van der Waals surface area contributed by atoms with Crippen molar-refractivity contribution in [3.8, 4) is 11.5 Å². The number of likely N-dealkylation sites (N-methyl/N-ethyl adjacent to an activating group) is 1. The summed E-state index contributed by atoms with van der Waals surface area (Å²) in [6.45, 7) is 0.881. The van der Waals surface area contributed by atoms with Crippen molar-refractivity contribution in [3.05, 3.63) is 21.9 Å². The van der Waals surface area contributed by atoms with Crippen LogP contribution in [-0.4, -0.2) is 20.4 Å². The van der Waals surface area contributed by atoms with Gasteiger partial charge in [0.1, 0.15) is 5.82 Å². The van der Waals surface area contributed by atoms with E-state index in [2.05, 4.69) is 21.2 Å². The van der Waals surface area contributed by atoms with Crippen LogP contribution in [0.15, 0.2) is 10.5 Å². The molecule has 0 atom stereocenters. The lowest BCUT2D eigenvalue weighted by Gasteiger charge is -2.07. The number of fused-ring (bicyclic) bond motifs is 1. The van der Waals surface area contributed by atoms with Crippen LogP contribution in [0.3, 0.4) is 0 Å². The molecule has 1 N–H and O–H groups in total. The van der Waals surface area contributed by atoms with Crippen molar-refractivity contribution in [1.82, 2.24) is 5.32 Å². The molecule has 0 fully saturated rings. The summed E-state index contributed by atoms with van der Waals surface area (Å²) in [4.78, 5) is 0. The predicted octanol–water partition coefficient (Wildman–Crippen LogP) is 2.08. The SMILES string of the molecule is CNCCc1cc2c(c(Br)c1F)OCO2. The van der Waals surface area contributed by atoms with E-state index in [0.29, 0.717) is 28.0 Å². The summed E-state index contributed by atoms with van der Waals surface area (Å²) in [6.07, 6.45) is 0.623. The van der Waals surface area contributed by atoms with E-state index in [4.69, 9.17) is 9.47 Å². The van der Waals surface area contributed by atoms with Gasteiger partial charge < -0.3 is 14.8 Å². The number of benzene rings is 1. The average molecular weight is 276 g/mol. The molecule has 3 nitrogen and oxygen atoms in total.